The number of hydrogen-bond donors (Lipinski definition) is 2. The first-order valence-electron chi connectivity index (χ1n) is 10.6. The van der Waals surface area contributed by atoms with Crippen LogP contribution >= 0.6 is 27.5 Å². The summed E-state index contributed by atoms with van der Waals surface area (Å²) in [6, 6.07) is 6.94. The van der Waals surface area contributed by atoms with Crippen LogP contribution in [0.4, 0.5) is 4.79 Å². The Morgan fingerprint density at radius 2 is 2.15 bits per heavy atom. The minimum absolute atomic E-state index is 0.0696. The quantitative estimate of drug-likeness (QED) is 0.551. The SMILES string of the molecule is COc1ccc(C2=NNC(=O)OC23CCC(C[C@H](C)NC(=O)c2cc(Cl)no2)CC3)c(Br)c1. The standard InChI is InChI=1S/C22H24BrClN4O5/c1-12(25-20(29)17-11-18(24)28-33-17)9-13-5-7-22(8-6-13)19(26-27-21(30)32-22)15-4-3-14(31-2)10-16(15)23/h3-4,10-13H,5-9H2,1-2H3,(H,25,29)(H,27,30)/t12-,13?,22?/m0/s1. The fourth-order valence-corrected chi connectivity index (χ4v) is 5.18. The van der Waals surface area contributed by atoms with E-state index in [2.05, 4.69) is 36.9 Å². The molecule has 1 spiro atoms. The molecule has 2 aliphatic rings. The molecule has 2 N–H and O–H groups in total. The summed E-state index contributed by atoms with van der Waals surface area (Å²) in [4.78, 5) is 24.3. The van der Waals surface area contributed by atoms with Crippen LogP contribution in [0.15, 0.2) is 38.4 Å². The van der Waals surface area contributed by atoms with Gasteiger partial charge in [0.15, 0.2) is 10.8 Å². The van der Waals surface area contributed by atoms with E-state index in [0.29, 0.717) is 30.2 Å². The highest BCUT2D eigenvalue weighted by Crippen LogP contribution is 2.42. The van der Waals surface area contributed by atoms with Gasteiger partial charge in [-0.15, -0.1) is 0 Å². The highest BCUT2D eigenvalue weighted by atomic mass is 79.9. The zero-order valence-electron chi connectivity index (χ0n) is 18.2. The van der Waals surface area contributed by atoms with E-state index in [9.17, 15) is 9.59 Å². The number of carbonyl (C=O) groups excluding carboxylic acids is 2. The van der Waals surface area contributed by atoms with Crippen molar-refractivity contribution in [1.82, 2.24) is 15.9 Å². The van der Waals surface area contributed by atoms with Crippen molar-refractivity contribution < 1.29 is 23.6 Å². The second-order valence-electron chi connectivity index (χ2n) is 8.37. The monoisotopic (exact) mass is 538 g/mol. The van der Waals surface area contributed by atoms with Crippen molar-refractivity contribution in [2.45, 2.75) is 50.7 Å². The number of nitrogens with zero attached hydrogens (tertiary/aromatic N) is 2. The summed E-state index contributed by atoms with van der Waals surface area (Å²) in [7, 11) is 1.61. The Labute approximate surface area is 204 Å². The Morgan fingerprint density at radius 3 is 2.79 bits per heavy atom. The first-order chi connectivity index (χ1) is 15.8. The largest absolute Gasteiger partial charge is 0.497 e. The Bertz CT molecular complexity index is 1080. The van der Waals surface area contributed by atoms with Crippen molar-refractivity contribution in [2.24, 2.45) is 11.0 Å². The third-order valence-corrected chi connectivity index (χ3v) is 6.93. The molecule has 2 amide bonds. The van der Waals surface area contributed by atoms with Crippen LogP contribution in [-0.4, -0.2) is 41.6 Å². The number of aromatic nitrogens is 1. The molecule has 1 aliphatic heterocycles. The van der Waals surface area contributed by atoms with Crippen molar-refractivity contribution in [3.8, 4) is 5.75 Å². The second-order valence-corrected chi connectivity index (χ2v) is 9.61. The number of ether oxygens (including phenoxy) is 2. The molecule has 1 fully saturated rings. The van der Waals surface area contributed by atoms with E-state index in [-0.39, 0.29) is 22.9 Å². The van der Waals surface area contributed by atoms with E-state index in [1.807, 2.05) is 25.1 Å². The molecule has 1 aromatic carbocycles. The van der Waals surface area contributed by atoms with Gasteiger partial charge in [-0.1, -0.05) is 16.8 Å². The van der Waals surface area contributed by atoms with Gasteiger partial charge in [-0.25, -0.2) is 10.2 Å². The molecule has 2 heterocycles. The van der Waals surface area contributed by atoms with Gasteiger partial charge in [-0.05, 0) is 79.1 Å². The van der Waals surface area contributed by atoms with Gasteiger partial charge >= 0.3 is 6.09 Å². The summed E-state index contributed by atoms with van der Waals surface area (Å²) in [5.74, 6) is 0.814. The highest BCUT2D eigenvalue weighted by molar-refractivity contribution is 9.10. The van der Waals surface area contributed by atoms with Crippen molar-refractivity contribution in [1.29, 1.82) is 0 Å². The number of benzene rings is 1. The van der Waals surface area contributed by atoms with Gasteiger partial charge in [0, 0.05) is 22.1 Å². The highest BCUT2D eigenvalue weighted by Gasteiger charge is 2.46. The lowest BCUT2D eigenvalue weighted by molar-refractivity contribution is 0.0153. The lowest BCUT2D eigenvalue weighted by atomic mass is 9.73. The van der Waals surface area contributed by atoms with Gasteiger partial charge in [0.25, 0.3) is 5.91 Å². The minimum atomic E-state index is -0.793. The van der Waals surface area contributed by atoms with E-state index in [4.69, 9.17) is 25.6 Å². The molecule has 176 valence electrons. The molecular weight excluding hydrogens is 516 g/mol. The second kappa shape index (κ2) is 9.72. The van der Waals surface area contributed by atoms with Gasteiger partial charge in [-0.2, -0.15) is 5.10 Å². The van der Waals surface area contributed by atoms with Gasteiger partial charge in [-0.3, -0.25) is 4.79 Å². The maximum atomic E-state index is 12.3. The van der Waals surface area contributed by atoms with Crippen LogP contribution in [0.2, 0.25) is 5.15 Å². The maximum Gasteiger partial charge on any atom is 0.428 e. The zero-order chi connectivity index (χ0) is 23.6. The molecule has 0 radical (unpaired) electrons. The first kappa shape index (κ1) is 23.6. The van der Waals surface area contributed by atoms with Crippen LogP contribution in [0, 0.1) is 5.92 Å². The van der Waals surface area contributed by atoms with Gasteiger partial charge < -0.3 is 19.3 Å². The van der Waals surface area contributed by atoms with E-state index in [1.165, 1.54) is 6.07 Å². The molecule has 4 rings (SSSR count). The number of hydrazone groups is 1. The van der Waals surface area contributed by atoms with Gasteiger partial charge in [0.05, 0.1) is 7.11 Å². The lowest BCUT2D eigenvalue weighted by Crippen LogP contribution is -2.52. The molecule has 1 aromatic heterocycles. The summed E-state index contributed by atoms with van der Waals surface area (Å²) in [5.41, 5.74) is 3.19. The fraction of sp³-hybridized carbons (Fsp3) is 0.455. The molecule has 1 aliphatic carbocycles. The summed E-state index contributed by atoms with van der Waals surface area (Å²) >= 11 is 9.30. The topological polar surface area (TPSA) is 115 Å². The van der Waals surface area contributed by atoms with Crippen molar-refractivity contribution >= 4 is 45.2 Å². The number of nitrogens with one attached hydrogen (secondary N) is 2. The zero-order valence-corrected chi connectivity index (χ0v) is 20.5. The number of halogens is 2. The third-order valence-electron chi connectivity index (χ3n) is 6.09. The Balaban J connectivity index is 1.42. The average Bonchev–Trinajstić information content (AvgIpc) is 3.22. The fourth-order valence-electron chi connectivity index (χ4n) is 4.51. The number of amides is 2. The number of rotatable bonds is 6. The number of methoxy groups -OCH3 is 1. The smallest absolute Gasteiger partial charge is 0.428 e. The summed E-state index contributed by atoms with van der Waals surface area (Å²) in [6.07, 6.45) is 3.17. The molecule has 0 unspecified atom stereocenters. The Hall–Kier alpha value is -2.59. The summed E-state index contributed by atoms with van der Waals surface area (Å²) < 4.78 is 16.8. The Morgan fingerprint density at radius 1 is 1.39 bits per heavy atom. The summed E-state index contributed by atoms with van der Waals surface area (Å²) in [5, 5.41) is 11.0. The van der Waals surface area contributed by atoms with Crippen molar-refractivity contribution in [3.63, 3.8) is 0 Å². The van der Waals surface area contributed by atoms with Crippen molar-refractivity contribution in [2.75, 3.05) is 7.11 Å². The minimum Gasteiger partial charge on any atom is -0.497 e. The van der Waals surface area contributed by atoms with Gasteiger partial charge in [0.1, 0.15) is 11.5 Å². The summed E-state index contributed by atoms with van der Waals surface area (Å²) in [6.45, 7) is 1.95. The lowest BCUT2D eigenvalue weighted by Gasteiger charge is -2.42. The predicted octanol–water partition coefficient (Wildman–Crippen LogP) is 4.68. The molecule has 9 nitrogen and oxygen atoms in total. The molecule has 33 heavy (non-hydrogen) atoms. The Kier molecular flexibility index (Phi) is 6.94. The predicted molar refractivity (Wildman–Crippen MR) is 125 cm³/mol. The van der Waals surface area contributed by atoms with Crippen LogP contribution in [0.1, 0.15) is 55.1 Å². The average molecular weight is 540 g/mol. The van der Waals surface area contributed by atoms with Crippen LogP contribution in [0.3, 0.4) is 0 Å². The molecule has 1 saturated carbocycles. The van der Waals surface area contributed by atoms with E-state index < -0.39 is 11.7 Å². The molecular formula is C22H24BrClN4O5. The van der Waals surface area contributed by atoms with E-state index in [0.717, 1.165) is 29.3 Å². The van der Waals surface area contributed by atoms with Crippen LogP contribution in [0.25, 0.3) is 0 Å². The van der Waals surface area contributed by atoms with Crippen LogP contribution in [0.5, 0.6) is 5.75 Å². The molecule has 0 saturated heterocycles. The van der Waals surface area contributed by atoms with E-state index >= 15 is 0 Å². The maximum absolute atomic E-state index is 12.3. The number of hydrogen-bond acceptors (Lipinski definition) is 7. The molecule has 0 bridgehead atoms. The molecule has 1 atom stereocenters. The first-order valence-corrected chi connectivity index (χ1v) is 11.8. The third kappa shape index (κ3) is 5.16. The molecule has 2 aromatic rings. The van der Waals surface area contributed by atoms with Crippen LogP contribution in [-0.2, 0) is 4.74 Å². The number of carbonyl (C=O) groups is 2. The van der Waals surface area contributed by atoms with Crippen LogP contribution < -0.4 is 15.5 Å². The normalized spacial score (nSPS) is 23.3. The molecule has 11 heteroatoms. The van der Waals surface area contributed by atoms with Gasteiger partial charge in [0.2, 0.25) is 5.76 Å². The van der Waals surface area contributed by atoms with Crippen molar-refractivity contribution in [3.05, 3.63) is 45.2 Å². The van der Waals surface area contributed by atoms with E-state index in [1.54, 1.807) is 7.11 Å².